The fraction of sp³-hybridized carbons (Fsp3) is 0.783. The molecule has 0 aliphatic heterocycles. The van der Waals surface area contributed by atoms with Crippen LogP contribution in [0.15, 0.2) is 11.6 Å². The van der Waals surface area contributed by atoms with E-state index in [0.717, 1.165) is 38.5 Å². The predicted molar refractivity (Wildman–Crippen MR) is 114 cm³/mol. The number of nitrogens with two attached hydrogens (primary N) is 1. The number of aliphatic hydroxyl groups is 1. The fourth-order valence-corrected chi connectivity index (χ4v) is 7.36. The van der Waals surface area contributed by atoms with Gasteiger partial charge in [0.1, 0.15) is 5.60 Å². The highest BCUT2D eigenvalue weighted by Crippen LogP contribution is 2.67. The molecule has 0 saturated heterocycles. The van der Waals surface area contributed by atoms with Gasteiger partial charge in [0.15, 0.2) is 12.4 Å². The van der Waals surface area contributed by atoms with E-state index in [2.05, 4.69) is 13.8 Å². The summed E-state index contributed by atoms with van der Waals surface area (Å²) in [4.78, 5) is 36.2. The number of hydrogen-bond acceptors (Lipinski definition) is 6. The maximum Gasteiger partial charge on any atom is 0.320 e. The molecule has 3 saturated carbocycles. The smallest absolute Gasteiger partial charge is 0.320 e. The van der Waals surface area contributed by atoms with Crippen molar-refractivity contribution in [2.45, 2.75) is 70.8 Å². The molecule has 0 amide bonds. The van der Waals surface area contributed by atoms with Crippen LogP contribution in [0.5, 0.6) is 0 Å². The van der Waals surface area contributed by atoms with Gasteiger partial charge in [0.2, 0.25) is 5.78 Å². The van der Waals surface area contributed by atoms with Crippen LogP contribution < -0.4 is 5.73 Å². The third-order valence-electron chi connectivity index (χ3n) is 9.11. The molecule has 6 atom stereocenters. The molecule has 7 heteroatoms. The Morgan fingerprint density at radius 2 is 1.83 bits per heavy atom. The summed E-state index contributed by atoms with van der Waals surface area (Å²) in [7, 11) is 0. The first kappa shape index (κ1) is 23.4. The Bertz CT molecular complexity index is 782. The predicted octanol–water partition coefficient (Wildman–Crippen LogP) is 2.74. The van der Waals surface area contributed by atoms with E-state index in [0.29, 0.717) is 24.7 Å². The molecule has 0 aromatic rings. The first-order valence-electron chi connectivity index (χ1n) is 11.0. The number of carbonyl (C=O) groups excluding carboxylic acids is 3. The summed E-state index contributed by atoms with van der Waals surface area (Å²) in [6.07, 6.45) is 8.38. The summed E-state index contributed by atoms with van der Waals surface area (Å²) in [5.41, 5.74) is 4.69. The van der Waals surface area contributed by atoms with Gasteiger partial charge in [-0.15, -0.1) is 12.4 Å². The van der Waals surface area contributed by atoms with E-state index in [1.165, 1.54) is 5.57 Å². The number of Topliss-reactive ketones (excluding diaryl/α,β-unsaturated/α-hetero) is 1. The van der Waals surface area contributed by atoms with E-state index in [1.807, 2.05) is 6.08 Å². The molecule has 168 valence electrons. The van der Waals surface area contributed by atoms with E-state index in [-0.39, 0.29) is 36.1 Å². The molecule has 0 spiro atoms. The Kier molecular flexibility index (Phi) is 6.27. The monoisotopic (exact) mass is 439 g/mol. The minimum Gasteiger partial charge on any atom is -0.457 e. The van der Waals surface area contributed by atoms with Gasteiger partial charge in [-0.25, -0.2) is 0 Å². The largest absolute Gasteiger partial charge is 0.457 e. The summed E-state index contributed by atoms with van der Waals surface area (Å²) < 4.78 is 4.95. The number of fused-ring (bicyclic) bond motifs is 5. The second-order valence-electron chi connectivity index (χ2n) is 10.1. The van der Waals surface area contributed by atoms with Gasteiger partial charge in [0.05, 0.1) is 6.54 Å². The van der Waals surface area contributed by atoms with Gasteiger partial charge in [0.25, 0.3) is 0 Å². The van der Waals surface area contributed by atoms with Gasteiger partial charge in [0, 0.05) is 11.8 Å². The first-order chi connectivity index (χ1) is 13.7. The molecule has 0 unspecified atom stereocenters. The number of carbonyl (C=O) groups is 3. The second kappa shape index (κ2) is 8.03. The van der Waals surface area contributed by atoms with Gasteiger partial charge < -0.3 is 15.6 Å². The van der Waals surface area contributed by atoms with Gasteiger partial charge in [-0.05, 0) is 74.2 Å². The SMILES string of the molecule is C[C@]12CCC(=O)C=C1CC[C@@H]1[C@@H]2CC[C@@]2(C)[C@H]1CC[C@]2(O)C(=O)COC(=O)CN.Cl. The van der Waals surface area contributed by atoms with E-state index >= 15 is 0 Å². The van der Waals surface area contributed by atoms with Crippen LogP contribution in [-0.4, -0.2) is 41.4 Å². The van der Waals surface area contributed by atoms with Crippen LogP contribution in [0.2, 0.25) is 0 Å². The van der Waals surface area contributed by atoms with Crippen LogP contribution in [-0.2, 0) is 19.1 Å². The van der Waals surface area contributed by atoms with Gasteiger partial charge in [-0.2, -0.15) is 0 Å². The lowest BCUT2D eigenvalue weighted by Gasteiger charge is -2.58. The molecule has 0 aromatic heterocycles. The first-order valence-corrected chi connectivity index (χ1v) is 11.0. The summed E-state index contributed by atoms with van der Waals surface area (Å²) in [5, 5.41) is 11.5. The molecule has 3 fully saturated rings. The maximum absolute atomic E-state index is 12.9. The normalized spacial score (nSPS) is 42.2. The Hall–Kier alpha value is -1.24. The number of halogens is 1. The molecule has 3 N–H and O–H groups in total. The molecule has 0 heterocycles. The fourth-order valence-electron chi connectivity index (χ4n) is 7.36. The van der Waals surface area contributed by atoms with Crippen LogP contribution in [0, 0.1) is 28.6 Å². The Balaban J connectivity index is 0.00000256. The quantitative estimate of drug-likeness (QED) is 0.652. The van der Waals surface area contributed by atoms with Gasteiger partial charge in [-0.1, -0.05) is 19.4 Å². The van der Waals surface area contributed by atoms with E-state index < -0.39 is 29.4 Å². The minimum atomic E-state index is -1.45. The number of allylic oxidation sites excluding steroid dienone is 1. The molecular weight excluding hydrogens is 406 g/mol. The molecule has 4 aliphatic carbocycles. The van der Waals surface area contributed by atoms with Gasteiger partial charge in [-0.3, -0.25) is 14.4 Å². The summed E-state index contributed by atoms with van der Waals surface area (Å²) >= 11 is 0. The van der Waals surface area contributed by atoms with Crippen molar-refractivity contribution in [3.63, 3.8) is 0 Å². The Labute approximate surface area is 184 Å². The average molecular weight is 440 g/mol. The van der Waals surface area contributed by atoms with Crippen molar-refractivity contribution < 1.29 is 24.2 Å². The van der Waals surface area contributed by atoms with Crippen molar-refractivity contribution in [3.8, 4) is 0 Å². The van der Waals surface area contributed by atoms with Crippen LogP contribution in [0.4, 0.5) is 0 Å². The second-order valence-corrected chi connectivity index (χ2v) is 10.1. The zero-order valence-corrected chi connectivity index (χ0v) is 18.8. The minimum absolute atomic E-state index is 0. The average Bonchev–Trinajstić information content (AvgIpc) is 2.98. The molecule has 4 rings (SSSR count). The number of hydrogen-bond donors (Lipinski definition) is 2. The van der Waals surface area contributed by atoms with Crippen molar-refractivity contribution >= 4 is 29.9 Å². The van der Waals surface area contributed by atoms with E-state index in [4.69, 9.17) is 10.5 Å². The molecule has 0 bridgehead atoms. The lowest BCUT2D eigenvalue weighted by molar-refractivity contribution is -0.169. The van der Waals surface area contributed by atoms with Crippen molar-refractivity contribution in [1.29, 1.82) is 0 Å². The molecule has 4 aliphatic rings. The Morgan fingerprint density at radius 3 is 2.53 bits per heavy atom. The molecule has 0 aromatic carbocycles. The lowest BCUT2D eigenvalue weighted by atomic mass is 9.46. The summed E-state index contributed by atoms with van der Waals surface area (Å²) in [6, 6.07) is 0. The zero-order chi connectivity index (χ0) is 21.0. The molecule has 30 heavy (non-hydrogen) atoms. The van der Waals surface area contributed by atoms with E-state index in [9.17, 15) is 19.5 Å². The zero-order valence-electron chi connectivity index (χ0n) is 17.9. The Morgan fingerprint density at radius 1 is 1.13 bits per heavy atom. The van der Waals surface area contributed by atoms with Crippen LogP contribution in [0.1, 0.15) is 65.2 Å². The highest BCUT2D eigenvalue weighted by Gasteiger charge is 2.66. The lowest BCUT2D eigenvalue weighted by Crippen LogP contribution is -2.58. The highest BCUT2D eigenvalue weighted by atomic mass is 35.5. The number of rotatable bonds is 4. The maximum atomic E-state index is 12.9. The van der Waals surface area contributed by atoms with Crippen molar-refractivity contribution in [1.82, 2.24) is 0 Å². The van der Waals surface area contributed by atoms with Crippen molar-refractivity contribution in [2.24, 2.45) is 34.3 Å². The summed E-state index contributed by atoms with van der Waals surface area (Å²) in [6.45, 7) is 3.70. The topological polar surface area (TPSA) is 107 Å². The van der Waals surface area contributed by atoms with Crippen LogP contribution >= 0.6 is 12.4 Å². The van der Waals surface area contributed by atoms with Crippen molar-refractivity contribution in [2.75, 3.05) is 13.2 Å². The van der Waals surface area contributed by atoms with Crippen LogP contribution in [0.3, 0.4) is 0 Å². The summed E-state index contributed by atoms with van der Waals surface area (Å²) in [5.74, 6) is 0.463. The highest BCUT2D eigenvalue weighted by molar-refractivity contribution is 5.92. The molecule has 0 radical (unpaired) electrons. The standard InChI is InChI=1S/C23H33NO5.ClH/c1-21-8-5-15(25)11-14(21)3-4-16-17(21)6-9-22(2)18(16)7-10-23(22,28)19(26)13-29-20(27)12-24;/h11,16-18,28H,3-10,12-13,24H2,1-2H3;1H/t16-,17+,18+,21+,22+,23+;/m1./s1. The number of esters is 1. The van der Waals surface area contributed by atoms with Gasteiger partial charge >= 0.3 is 5.97 Å². The molecule has 6 nitrogen and oxygen atoms in total. The van der Waals surface area contributed by atoms with Crippen LogP contribution in [0.25, 0.3) is 0 Å². The molecular formula is C23H34ClNO5. The van der Waals surface area contributed by atoms with Crippen molar-refractivity contribution in [3.05, 3.63) is 11.6 Å². The van der Waals surface area contributed by atoms with E-state index in [1.54, 1.807) is 0 Å². The number of ether oxygens (including phenoxy) is 1. The third kappa shape index (κ3) is 3.26. The third-order valence-corrected chi connectivity index (χ3v) is 9.11. The number of ketones is 2.